The van der Waals surface area contributed by atoms with E-state index in [1.165, 1.54) is 0 Å². The van der Waals surface area contributed by atoms with Crippen LogP contribution in [0, 0.1) is 0 Å². The van der Waals surface area contributed by atoms with E-state index < -0.39 is 0 Å². The van der Waals surface area contributed by atoms with Crippen molar-refractivity contribution in [2.75, 3.05) is 0 Å². The van der Waals surface area contributed by atoms with Gasteiger partial charge in [-0.05, 0) is 34.9 Å². The average molecular weight is 678 g/mol. The Morgan fingerprint density at radius 2 is 0.868 bits per heavy atom. The molecule has 5 heteroatoms. The Labute approximate surface area is 306 Å². The zero-order chi connectivity index (χ0) is 35.1. The molecule has 0 saturated carbocycles. The summed E-state index contributed by atoms with van der Waals surface area (Å²) < 4.78 is 2.06. The van der Waals surface area contributed by atoms with Crippen molar-refractivity contribution in [1.29, 1.82) is 0 Å². The summed E-state index contributed by atoms with van der Waals surface area (Å²) >= 11 is 0. The van der Waals surface area contributed by atoms with Crippen molar-refractivity contribution in [2.24, 2.45) is 0 Å². The molecule has 0 saturated heterocycles. The third-order valence-corrected chi connectivity index (χ3v) is 9.84. The molecule has 6 aromatic carbocycles. The van der Waals surface area contributed by atoms with E-state index >= 15 is 0 Å². The molecule has 0 amide bonds. The van der Waals surface area contributed by atoms with E-state index in [-0.39, 0.29) is 0 Å². The minimum atomic E-state index is 0.679. The van der Waals surface area contributed by atoms with Gasteiger partial charge < -0.3 is 0 Å². The van der Waals surface area contributed by atoms with Crippen LogP contribution in [0.2, 0.25) is 0 Å². The van der Waals surface area contributed by atoms with Gasteiger partial charge in [0.05, 0.1) is 17.1 Å². The summed E-state index contributed by atoms with van der Waals surface area (Å²) in [7, 11) is 0. The van der Waals surface area contributed by atoms with E-state index in [2.05, 4.69) is 150 Å². The van der Waals surface area contributed by atoms with Gasteiger partial charge in [0.25, 0.3) is 0 Å². The van der Waals surface area contributed by atoms with Crippen LogP contribution in [0.5, 0.6) is 0 Å². The molecule has 4 aromatic heterocycles. The molecule has 0 aliphatic carbocycles. The second-order valence-electron chi connectivity index (χ2n) is 13.1. The van der Waals surface area contributed by atoms with Crippen LogP contribution in [0.3, 0.4) is 0 Å². The summed E-state index contributed by atoms with van der Waals surface area (Å²) in [5, 5.41) is 2.17. The minimum Gasteiger partial charge on any atom is -0.284 e. The van der Waals surface area contributed by atoms with Crippen LogP contribution in [0.25, 0.3) is 95.0 Å². The first-order chi connectivity index (χ1) is 26.3. The smallest absolute Gasteiger partial charge is 0.165 e. The molecule has 10 aromatic rings. The zero-order valence-corrected chi connectivity index (χ0v) is 28.6. The van der Waals surface area contributed by atoms with Gasteiger partial charge in [-0.15, -0.1) is 0 Å². The van der Waals surface area contributed by atoms with Crippen LogP contribution in [0.15, 0.2) is 188 Å². The molecule has 0 bridgehead atoms. The van der Waals surface area contributed by atoms with E-state index in [4.69, 9.17) is 19.9 Å². The van der Waals surface area contributed by atoms with Gasteiger partial charge in [0.2, 0.25) is 0 Å². The largest absolute Gasteiger partial charge is 0.284 e. The Bertz CT molecular complexity index is 2860. The van der Waals surface area contributed by atoms with Gasteiger partial charge in [-0.25, -0.2) is 19.9 Å². The normalized spacial score (nSPS) is 11.4. The highest BCUT2D eigenvalue weighted by atomic mass is 15.1. The molecule has 0 radical (unpaired) electrons. The van der Waals surface area contributed by atoms with Crippen molar-refractivity contribution in [3.8, 4) is 67.4 Å². The number of benzene rings is 6. The molecule has 0 atom stereocenters. The maximum Gasteiger partial charge on any atom is 0.165 e. The van der Waals surface area contributed by atoms with Crippen LogP contribution in [0.1, 0.15) is 0 Å². The van der Waals surface area contributed by atoms with Crippen molar-refractivity contribution in [2.45, 2.75) is 0 Å². The first-order valence-electron chi connectivity index (χ1n) is 17.7. The summed E-state index contributed by atoms with van der Waals surface area (Å²) in [5.74, 6) is 0.679. The van der Waals surface area contributed by atoms with Crippen molar-refractivity contribution < 1.29 is 0 Å². The highest BCUT2D eigenvalue weighted by molar-refractivity contribution is 6.09. The number of hydrogen-bond acceptors (Lipinski definition) is 4. The Kier molecular flexibility index (Phi) is 7.40. The fourth-order valence-corrected chi connectivity index (χ4v) is 7.29. The summed E-state index contributed by atoms with van der Waals surface area (Å²) in [6.45, 7) is 0. The van der Waals surface area contributed by atoms with E-state index in [1.54, 1.807) is 0 Å². The summed E-state index contributed by atoms with van der Waals surface area (Å²) in [5.41, 5.74) is 13.8. The maximum atomic E-state index is 5.31. The monoisotopic (exact) mass is 677 g/mol. The quantitative estimate of drug-likeness (QED) is 0.176. The lowest BCUT2D eigenvalue weighted by Crippen LogP contribution is -2.01. The molecular weight excluding hydrogens is 647 g/mol. The average Bonchev–Trinajstić information content (AvgIpc) is 3.63. The molecule has 0 aliphatic rings. The van der Waals surface area contributed by atoms with Gasteiger partial charge in [-0.3, -0.25) is 4.40 Å². The van der Waals surface area contributed by atoms with E-state index in [0.717, 1.165) is 89.2 Å². The predicted octanol–water partition coefficient (Wildman–Crippen LogP) is 11.8. The SMILES string of the molecule is c1ccc(-c2nc(-c3cccc(-c4ccc(-c5nc6c(nc7ccccn76)c6ccccc56)cc4)c3)nc(-c3ccccc3)c2-c2ccccc2)cc1. The van der Waals surface area contributed by atoms with Gasteiger partial charge in [-0.1, -0.05) is 164 Å². The van der Waals surface area contributed by atoms with Crippen molar-refractivity contribution >= 4 is 27.6 Å². The predicted molar refractivity (Wildman–Crippen MR) is 216 cm³/mol. The number of fused-ring (bicyclic) bond motifs is 5. The Morgan fingerprint density at radius 3 is 1.55 bits per heavy atom. The molecule has 0 fully saturated rings. The standard InChI is InChI=1S/C48H31N5/c1-4-15-33(16-5-1)42-44(34-17-6-2-7-18-34)50-47(51-45(42)35-19-8-3-9-20-35)38-22-14-21-37(31-38)32-26-28-36(29-27-32)43-39-23-10-11-24-40(39)46-48(52-43)53-30-13-12-25-41(53)49-46/h1-31H. The number of imidazole rings is 1. The molecule has 5 nitrogen and oxygen atoms in total. The molecule has 53 heavy (non-hydrogen) atoms. The second-order valence-corrected chi connectivity index (χ2v) is 13.1. The van der Waals surface area contributed by atoms with Crippen molar-refractivity contribution in [1.82, 2.24) is 24.3 Å². The van der Waals surface area contributed by atoms with Gasteiger partial charge in [0.15, 0.2) is 11.5 Å². The molecular formula is C48H31N5. The molecule has 4 heterocycles. The Hall–Kier alpha value is -7.24. The summed E-state index contributed by atoms with van der Waals surface area (Å²) in [6.07, 6.45) is 2.02. The summed E-state index contributed by atoms with van der Waals surface area (Å²) in [4.78, 5) is 20.7. The molecule has 0 spiro atoms. The fraction of sp³-hybridized carbons (Fsp3) is 0. The lowest BCUT2D eigenvalue weighted by molar-refractivity contribution is 1.18. The third-order valence-electron chi connectivity index (χ3n) is 9.84. The van der Waals surface area contributed by atoms with E-state index in [1.807, 2.05) is 42.6 Å². The summed E-state index contributed by atoms with van der Waals surface area (Å²) in [6, 6.07) is 62.9. The van der Waals surface area contributed by atoms with Crippen molar-refractivity contribution in [3.63, 3.8) is 0 Å². The third kappa shape index (κ3) is 5.43. The van der Waals surface area contributed by atoms with Crippen LogP contribution in [-0.4, -0.2) is 24.3 Å². The van der Waals surface area contributed by atoms with Crippen LogP contribution in [0.4, 0.5) is 0 Å². The highest BCUT2D eigenvalue weighted by Gasteiger charge is 2.20. The number of hydrogen-bond donors (Lipinski definition) is 0. The number of pyridine rings is 2. The Balaban J connectivity index is 1.09. The lowest BCUT2D eigenvalue weighted by Gasteiger charge is -2.17. The maximum absolute atomic E-state index is 5.31. The van der Waals surface area contributed by atoms with Gasteiger partial charge in [0, 0.05) is 44.8 Å². The fourth-order valence-electron chi connectivity index (χ4n) is 7.29. The lowest BCUT2D eigenvalue weighted by atomic mass is 9.94. The molecule has 248 valence electrons. The van der Waals surface area contributed by atoms with Crippen LogP contribution >= 0.6 is 0 Å². The van der Waals surface area contributed by atoms with Gasteiger partial charge >= 0.3 is 0 Å². The highest BCUT2D eigenvalue weighted by Crippen LogP contribution is 2.40. The number of aromatic nitrogens is 5. The number of nitrogens with zero attached hydrogens (tertiary/aromatic N) is 5. The molecule has 0 N–H and O–H groups in total. The van der Waals surface area contributed by atoms with E-state index in [0.29, 0.717) is 5.82 Å². The topological polar surface area (TPSA) is 56.0 Å². The van der Waals surface area contributed by atoms with Crippen LogP contribution < -0.4 is 0 Å². The molecule has 0 aliphatic heterocycles. The van der Waals surface area contributed by atoms with E-state index in [9.17, 15) is 0 Å². The minimum absolute atomic E-state index is 0.679. The van der Waals surface area contributed by atoms with Gasteiger partial charge in [0.1, 0.15) is 11.2 Å². The zero-order valence-electron chi connectivity index (χ0n) is 28.6. The Morgan fingerprint density at radius 1 is 0.340 bits per heavy atom. The first-order valence-corrected chi connectivity index (χ1v) is 17.7. The number of rotatable bonds is 6. The molecule has 10 rings (SSSR count). The first kappa shape index (κ1) is 30.6. The van der Waals surface area contributed by atoms with Crippen LogP contribution in [-0.2, 0) is 0 Å². The van der Waals surface area contributed by atoms with Crippen molar-refractivity contribution in [3.05, 3.63) is 188 Å². The molecule has 0 unspecified atom stereocenters. The second kappa shape index (κ2) is 12.8. The van der Waals surface area contributed by atoms with Gasteiger partial charge in [-0.2, -0.15) is 0 Å².